The lowest BCUT2D eigenvalue weighted by atomic mass is 10.2. The average Bonchev–Trinajstić information content (AvgIpc) is 2.46. The standard InChI is InChI=1S/C13H11F4NO5/c1-21-11(19)6-9(12(20)22-2)18-8-4-3-7(14)5-10(8)23-13(15,16)17/h3-6,18H,1-2H3/b9-6+. The van der Waals surface area contributed by atoms with E-state index in [0.717, 1.165) is 26.4 Å². The van der Waals surface area contributed by atoms with Crippen molar-refractivity contribution in [3.05, 3.63) is 35.8 Å². The number of alkyl halides is 3. The second kappa shape index (κ2) is 7.47. The van der Waals surface area contributed by atoms with Gasteiger partial charge in [0.15, 0.2) is 5.75 Å². The quantitative estimate of drug-likeness (QED) is 0.505. The Labute approximate surface area is 127 Å². The highest BCUT2D eigenvalue weighted by molar-refractivity contribution is 5.99. The average molecular weight is 337 g/mol. The van der Waals surface area contributed by atoms with Gasteiger partial charge in [-0.3, -0.25) is 0 Å². The van der Waals surface area contributed by atoms with Crippen LogP contribution in [0.2, 0.25) is 0 Å². The smallest absolute Gasteiger partial charge is 0.466 e. The zero-order valence-corrected chi connectivity index (χ0v) is 11.9. The first-order valence-corrected chi connectivity index (χ1v) is 5.86. The lowest BCUT2D eigenvalue weighted by Crippen LogP contribution is -2.20. The number of ether oxygens (including phenoxy) is 3. The molecule has 1 rings (SSSR count). The predicted molar refractivity (Wildman–Crippen MR) is 68.8 cm³/mol. The third-order valence-electron chi connectivity index (χ3n) is 2.31. The first kappa shape index (κ1) is 18.3. The molecule has 6 nitrogen and oxygen atoms in total. The topological polar surface area (TPSA) is 73.9 Å². The van der Waals surface area contributed by atoms with Crippen LogP contribution in [-0.2, 0) is 19.1 Å². The highest BCUT2D eigenvalue weighted by Crippen LogP contribution is 2.31. The van der Waals surface area contributed by atoms with Gasteiger partial charge in [0.1, 0.15) is 11.5 Å². The normalized spacial score (nSPS) is 11.7. The third-order valence-corrected chi connectivity index (χ3v) is 2.31. The molecule has 0 saturated carbocycles. The molecular weight excluding hydrogens is 326 g/mol. The Morgan fingerprint density at radius 2 is 1.83 bits per heavy atom. The van der Waals surface area contributed by atoms with Crippen molar-refractivity contribution in [1.82, 2.24) is 0 Å². The van der Waals surface area contributed by atoms with Crippen LogP contribution in [0.4, 0.5) is 23.2 Å². The van der Waals surface area contributed by atoms with Gasteiger partial charge in [0, 0.05) is 6.07 Å². The second-order valence-corrected chi connectivity index (χ2v) is 3.89. The third kappa shape index (κ3) is 5.85. The number of benzene rings is 1. The molecule has 0 aliphatic carbocycles. The van der Waals surface area contributed by atoms with Crippen molar-refractivity contribution in [2.24, 2.45) is 0 Å². The molecule has 1 N–H and O–H groups in total. The zero-order chi connectivity index (χ0) is 17.6. The van der Waals surface area contributed by atoms with E-state index < -0.39 is 41.3 Å². The molecule has 0 aromatic heterocycles. The van der Waals surface area contributed by atoms with E-state index in [1.54, 1.807) is 0 Å². The van der Waals surface area contributed by atoms with Crippen LogP contribution in [-0.4, -0.2) is 32.5 Å². The van der Waals surface area contributed by atoms with Crippen molar-refractivity contribution < 1.29 is 41.4 Å². The number of carbonyl (C=O) groups is 2. The molecule has 0 heterocycles. The van der Waals surface area contributed by atoms with Gasteiger partial charge < -0.3 is 19.5 Å². The molecule has 0 saturated heterocycles. The number of nitrogens with one attached hydrogen (secondary N) is 1. The lowest BCUT2D eigenvalue weighted by Gasteiger charge is -2.15. The summed E-state index contributed by atoms with van der Waals surface area (Å²) in [5.74, 6) is -3.94. The number of methoxy groups -OCH3 is 2. The molecule has 0 bridgehead atoms. The number of hydrogen-bond acceptors (Lipinski definition) is 6. The van der Waals surface area contributed by atoms with Crippen LogP contribution in [0.1, 0.15) is 0 Å². The number of anilines is 1. The van der Waals surface area contributed by atoms with Crippen molar-refractivity contribution in [2.75, 3.05) is 19.5 Å². The Morgan fingerprint density at radius 3 is 2.35 bits per heavy atom. The SMILES string of the molecule is COC(=O)/C=C(/Nc1ccc(F)cc1OC(F)(F)F)C(=O)OC. The molecule has 0 amide bonds. The summed E-state index contributed by atoms with van der Waals surface area (Å²) in [7, 11) is 2.02. The minimum atomic E-state index is -5.08. The van der Waals surface area contributed by atoms with Gasteiger partial charge in [0.05, 0.1) is 26.0 Å². The van der Waals surface area contributed by atoms with Gasteiger partial charge in [-0.05, 0) is 12.1 Å². The van der Waals surface area contributed by atoms with Gasteiger partial charge in [0.25, 0.3) is 0 Å². The van der Waals surface area contributed by atoms with Crippen LogP contribution in [0, 0.1) is 5.82 Å². The molecular formula is C13H11F4NO5. The summed E-state index contributed by atoms with van der Waals surface area (Å²) in [5, 5.41) is 2.21. The summed E-state index contributed by atoms with van der Waals surface area (Å²) < 4.78 is 62.4. The number of esters is 2. The molecule has 1 aromatic carbocycles. The maximum atomic E-state index is 13.1. The molecule has 0 unspecified atom stereocenters. The molecule has 126 valence electrons. The lowest BCUT2D eigenvalue weighted by molar-refractivity contribution is -0.274. The first-order chi connectivity index (χ1) is 10.7. The summed E-state index contributed by atoms with van der Waals surface area (Å²) >= 11 is 0. The van der Waals surface area contributed by atoms with E-state index in [0.29, 0.717) is 12.1 Å². The second-order valence-electron chi connectivity index (χ2n) is 3.89. The Bertz CT molecular complexity index is 627. The highest BCUT2D eigenvalue weighted by atomic mass is 19.4. The molecule has 23 heavy (non-hydrogen) atoms. The monoisotopic (exact) mass is 337 g/mol. The number of hydrogen-bond donors (Lipinski definition) is 1. The number of carbonyl (C=O) groups excluding carboxylic acids is 2. The number of halogens is 4. The van der Waals surface area contributed by atoms with E-state index in [-0.39, 0.29) is 0 Å². The summed E-state index contributed by atoms with van der Waals surface area (Å²) in [5.41, 5.74) is -0.942. The van der Waals surface area contributed by atoms with E-state index in [1.807, 2.05) is 0 Å². The minimum absolute atomic E-state index is 0.413. The molecule has 0 aliphatic heterocycles. The Morgan fingerprint density at radius 1 is 1.17 bits per heavy atom. The molecule has 1 aromatic rings. The molecule has 10 heteroatoms. The summed E-state index contributed by atoms with van der Waals surface area (Å²) in [6.07, 6.45) is -4.42. The van der Waals surface area contributed by atoms with Gasteiger partial charge in [0.2, 0.25) is 0 Å². The van der Waals surface area contributed by atoms with Crippen LogP contribution in [0.3, 0.4) is 0 Å². The molecule has 0 aliphatic rings. The Kier molecular flexibility index (Phi) is 5.94. The summed E-state index contributed by atoms with van der Waals surface area (Å²) in [6, 6.07) is 2.19. The summed E-state index contributed by atoms with van der Waals surface area (Å²) in [4.78, 5) is 22.7. The fourth-order valence-electron chi connectivity index (χ4n) is 1.39. The van der Waals surface area contributed by atoms with E-state index in [2.05, 4.69) is 19.5 Å². The van der Waals surface area contributed by atoms with E-state index in [1.165, 1.54) is 0 Å². The van der Waals surface area contributed by atoms with Crippen LogP contribution >= 0.6 is 0 Å². The minimum Gasteiger partial charge on any atom is -0.466 e. The Balaban J connectivity index is 3.20. The largest absolute Gasteiger partial charge is 0.573 e. The zero-order valence-electron chi connectivity index (χ0n) is 11.9. The van der Waals surface area contributed by atoms with Gasteiger partial charge in [-0.15, -0.1) is 13.2 Å². The predicted octanol–water partition coefficient (Wildman–Crippen LogP) is 2.37. The molecule has 0 atom stereocenters. The van der Waals surface area contributed by atoms with Crippen molar-refractivity contribution in [1.29, 1.82) is 0 Å². The van der Waals surface area contributed by atoms with Crippen LogP contribution in [0.25, 0.3) is 0 Å². The van der Waals surface area contributed by atoms with Crippen molar-refractivity contribution >= 4 is 17.6 Å². The summed E-state index contributed by atoms with van der Waals surface area (Å²) in [6.45, 7) is 0. The fraction of sp³-hybridized carbons (Fsp3) is 0.231. The first-order valence-electron chi connectivity index (χ1n) is 5.86. The maximum Gasteiger partial charge on any atom is 0.573 e. The van der Waals surface area contributed by atoms with E-state index in [9.17, 15) is 27.2 Å². The van der Waals surface area contributed by atoms with Gasteiger partial charge >= 0.3 is 18.3 Å². The van der Waals surface area contributed by atoms with Gasteiger partial charge in [-0.2, -0.15) is 0 Å². The fourth-order valence-corrected chi connectivity index (χ4v) is 1.39. The number of rotatable bonds is 5. The molecule has 0 fully saturated rings. The molecule has 0 radical (unpaired) electrons. The van der Waals surface area contributed by atoms with Crippen LogP contribution in [0.15, 0.2) is 30.0 Å². The van der Waals surface area contributed by atoms with E-state index >= 15 is 0 Å². The van der Waals surface area contributed by atoms with Crippen LogP contribution in [0.5, 0.6) is 5.75 Å². The van der Waals surface area contributed by atoms with Crippen molar-refractivity contribution in [3.8, 4) is 5.75 Å². The van der Waals surface area contributed by atoms with Gasteiger partial charge in [-0.1, -0.05) is 0 Å². The van der Waals surface area contributed by atoms with E-state index in [4.69, 9.17) is 0 Å². The van der Waals surface area contributed by atoms with Crippen molar-refractivity contribution in [3.63, 3.8) is 0 Å². The molecule has 0 spiro atoms. The Hall–Kier alpha value is -2.78. The van der Waals surface area contributed by atoms with Crippen molar-refractivity contribution in [2.45, 2.75) is 6.36 Å². The highest BCUT2D eigenvalue weighted by Gasteiger charge is 2.32. The van der Waals surface area contributed by atoms with Crippen LogP contribution < -0.4 is 10.1 Å². The van der Waals surface area contributed by atoms with Gasteiger partial charge in [-0.25, -0.2) is 14.0 Å². The maximum absolute atomic E-state index is 13.1.